The van der Waals surface area contributed by atoms with Crippen LogP contribution in [0.15, 0.2) is 18.2 Å². The average molecular weight is 378 g/mol. The van der Waals surface area contributed by atoms with Crippen molar-refractivity contribution in [3.8, 4) is 0 Å². The van der Waals surface area contributed by atoms with Crippen molar-refractivity contribution in [1.29, 1.82) is 0 Å². The van der Waals surface area contributed by atoms with Gasteiger partial charge in [-0.25, -0.2) is 0 Å². The lowest BCUT2D eigenvalue weighted by Gasteiger charge is -2.25. The van der Waals surface area contributed by atoms with Gasteiger partial charge in [0.1, 0.15) is 0 Å². The third kappa shape index (κ3) is 5.32. The Balaban J connectivity index is 2.63. The number of anilines is 1. The number of hydrogen-bond acceptors (Lipinski definition) is 4. The Morgan fingerprint density at radius 1 is 1.47 bits per heavy atom. The van der Waals surface area contributed by atoms with Crippen LogP contribution in [-0.2, 0) is 4.74 Å². The number of nitrogens with zero attached hydrogens (tertiary/aromatic N) is 1. The zero-order valence-electron chi connectivity index (χ0n) is 11.4. The second-order valence-electron chi connectivity index (χ2n) is 5.18. The zero-order chi connectivity index (χ0) is 14.5. The fourth-order valence-corrected chi connectivity index (χ4v) is 2.29. The van der Waals surface area contributed by atoms with E-state index in [-0.39, 0.29) is 16.0 Å². The summed E-state index contributed by atoms with van der Waals surface area (Å²) in [5.41, 5.74) is 1.16. The molecule has 1 rings (SSSR count). The monoisotopic (exact) mass is 378 g/mol. The first kappa shape index (κ1) is 16.2. The molecule has 0 atom stereocenters. The van der Waals surface area contributed by atoms with E-state index in [1.807, 2.05) is 22.6 Å². The third-order valence-corrected chi connectivity index (χ3v) is 3.76. The molecule has 0 heterocycles. The summed E-state index contributed by atoms with van der Waals surface area (Å²) in [5, 5.41) is 14.1. The van der Waals surface area contributed by atoms with Gasteiger partial charge < -0.3 is 10.1 Å². The topological polar surface area (TPSA) is 64.4 Å². The fourth-order valence-electron chi connectivity index (χ4n) is 1.57. The Morgan fingerprint density at radius 2 is 2.16 bits per heavy atom. The molecule has 0 saturated heterocycles. The first-order valence-corrected chi connectivity index (χ1v) is 7.10. The van der Waals surface area contributed by atoms with Gasteiger partial charge in [0.15, 0.2) is 0 Å². The molecule has 19 heavy (non-hydrogen) atoms. The van der Waals surface area contributed by atoms with Crippen molar-refractivity contribution in [1.82, 2.24) is 0 Å². The van der Waals surface area contributed by atoms with Crippen molar-refractivity contribution < 1.29 is 9.66 Å². The molecule has 5 nitrogen and oxygen atoms in total. The van der Waals surface area contributed by atoms with E-state index in [1.54, 1.807) is 19.2 Å². The Morgan fingerprint density at radius 3 is 2.68 bits per heavy atom. The number of halogens is 1. The van der Waals surface area contributed by atoms with Crippen LogP contribution in [-0.4, -0.2) is 25.2 Å². The van der Waals surface area contributed by atoms with Crippen LogP contribution in [0.1, 0.15) is 20.3 Å². The number of ether oxygens (including phenoxy) is 1. The largest absolute Gasteiger partial charge is 0.385 e. The van der Waals surface area contributed by atoms with Crippen molar-refractivity contribution in [2.24, 2.45) is 5.41 Å². The smallest absolute Gasteiger partial charge is 0.282 e. The first-order valence-electron chi connectivity index (χ1n) is 6.02. The van der Waals surface area contributed by atoms with Crippen LogP contribution in [0.25, 0.3) is 0 Å². The molecule has 0 bridgehead atoms. The maximum absolute atomic E-state index is 10.7. The lowest BCUT2D eigenvalue weighted by molar-refractivity contribution is -0.385. The van der Waals surface area contributed by atoms with E-state index in [0.717, 1.165) is 25.3 Å². The molecule has 1 aromatic rings. The minimum atomic E-state index is -0.367. The van der Waals surface area contributed by atoms with Gasteiger partial charge in [-0.05, 0) is 46.6 Å². The Labute approximate surface area is 127 Å². The van der Waals surface area contributed by atoms with Gasteiger partial charge in [0.05, 0.1) is 8.49 Å². The van der Waals surface area contributed by atoms with Crippen molar-refractivity contribution in [2.75, 3.05) is 25.6 Å². The molecule has 0 saturated carbocycles. The predicted octanol–water partition coefficient (Wildman–Crippen LogP) is 3.67. The van der Waals surface area contributed by atoms with Crippen LogP contribution < -0.4 is 5.32 Å². The van der Waals surface area contributed by atoms with Gasteiger partial charge in [-0.15, -0.1) is 0 Å². The van der Waals surface area contributed by atoms with E-state index in [9.17, 15) is 10.1 Å². The highest BCUT2D eigenvalue weighted by Gasteiger charge is 2.18. The molecule has 0 radical (unpaired) electrons. The molecule has 0 amide bonds. The molecule has 0 aliphatic heterocycles. The first-order chi connectivity index (χ1) is 8.85. The van der Waals surface area contributed by atoms with Gasteiger partial charge >= 0.3 is 0 Å². The van der Waals surface area contributed by atoms with Crippen molar-refractivity contribution in [3.05, 3.63) is 31.9 Å². The molecule has 0 unspecified atom stereocenters. The van der Waals surface area contributed by atoms with E-state index in [0.29, 0.717) is 3.57 Å². The zero-order valence-corrected chi connectivity index (χ0v) is 13.6. The lowest BCUT2D eigenvalue weighted by atomic mass is 9.89. The minimum Gasteiger partial charge on any atom is -0.385 e. The van der Waals surface area contributed by atoms with E-state index in [4.69, 9.17) is 4.74 Å². The summed E-state index contributed by atoms with van der Waals surface area (Å²) < 4.78 is 5.73. The fraction of sp³-hybridized carbons (Fsp3) is 0.538. The number of nitro groups is 1. The van der Waals surface area contributed by atoms with E-state index >= 15 is 0 Å². The van der Waals surface area contributed by atoms with Gasteiger partial charge in [-0.2, -0.15) is 0 Å². The Kier molecular flexibility index (Phi) is 5.99. The van der Waals surface area contributed by atoms with Crippen LogP contribution in [0.5, 0.6) is 0 Å². The number of benzene rings is 1. The van der Waals surface area contributed by atoms with Crippen LogP contribution >= 0.6 is 22.6 Å². The molecule has 106 valence electrons. The number of hydrogen-bond donors (Lipinski definition) is 1. The number of nitrogens with one attached hydrogen (secondary N) is 1. The molecular formula is C13H19IN2O3. The van der Waals surface area contributed by atoms with Gasteiger partial charge in [0, 0.05) is 32.0 Å². The molecule has 1 N–H and O–H groups in total. The quantitative estimate of drug-likeness (QED) is 0.447. The van der Waals surface area contributed by atoms with Crippen molar-refractivity contribution in [2.45, 2.75) is 20.3 Å². The molecule has 1 aromatic carbocycles. The Hall–Kier alpha value is -0.890. The standard InChI is InChI=1S/C13H19IN2O3/c1-13(2,6-7-19-3)9-15-10-4-5-12(16(17)18)11(14)8-10/h4-5,8,15H,6-7,9H2,1-3H3. The summed E-state index contributed by atoms with van der Waals surface area (Å²) in [4.78, 5) is 10.4. The molecule has 0 aromatic heterocycles. The maximum Gasteiger partial charge on any atom is 0.282 e. The summed E-state index contributed by atoms with van der Waals surface area (Å²) in [5.74, 6) is 0. The highest BCUT2D eigenvalue weighted by Crippen LogP contribution is 2.26. The number of rotatable bonds is 7. The van der Waals surface area contributed by atoms with Gasteiger partial charge in [-0.3, -0.25) is 10.1 Å². The van der Waals surface area contributed by atoms with Crippen LogP contribution in [0.3, 0.4) is 0 Å². The van der Waals surface area contributed by atoms with E-state index < -0.39 is 0 Å². The molecule has 0 spiro atoms. The minimum absolute atomic E-state index is 0.114. The van der Waals surface area contributed by atoms with Crippen molar-refractivity contribution >= 4 is 34.0 Å². The molecular weight excluding hydrogens is 359 g/mol. The SMILES string of the molecule is COCCC(C)(C)CNc1ccc([N+](=O)[O-])c(I)c1. The van der Waals surface area contributed by atoms with E-state index in [1.165, 1.54) is 6.07 Å². The van der Waals surface area contributed by atoms with Gasteiger partial charge in [0.25, 0.3) is 5.69 Å². The van der Waals surface area contributed by atoms with Gasteiger partial charge in [0.2, 0.25) is 0 Å². The Bertz CT molecular complexity index is 450. The molecule has 0 aliphatic rings. The van der Waals surface area contributed by atoms with E-state index in [2.05, 4.69) is 19.2 Å². The summed E-state index contributed by atoms with van der Waals surface area (Å²) in [6, 6.07) is 5.07. The summed E-state index contributed by atoms with van der Waals surface area (Å²) in [6.07, 6.45) is 0.959. The number of methoxy groups -OCH3 is 1. The highest BCUT2D eigenvalue weighted by atomic mass is 127. The average Bonchev–Trinajstić information content (AvgIpc) is 2.34. The number of nitro benzene ring substituents is 1. The molecule has 0 aliphatic carbocycles. The van der Waals surface area contributed by atoms with Crippen LogP contribution in [0.4, 0.5) is 11.4 Å². The highest BCUT2D eigenvalue weighted by molar-refractivity contribution is 14.1. The second kappa shape index (κ2) is 7.04. The lowest BCUT2D eigenvalue weighted by Crippen LogP contribution is -2.24. The molecule has 6 heteroatoms. The second-order valence-corrected chi connectivity index (χ2v) is 6.35. The van der Waals surface area contributed by atoms with Gasteiger partial charge in [-0.1, -0.05) is 13.8 Å². The molecule has 0 fully saturated rings. The maximum atomic E-state index is 10.7. The normalized spacial score (nSPS) is 11.4. The van der Waals surface area contributed by atoms with Crippen LogP contribution in [0.2, 0.25) is 0 Å². The summed E-state index contributed by atoms with van der Waals surface area (Å²) in [6.45, 7) is 5.85. The third-order valence-electron chi connectivity index (χ3n) is 2.90. The summed E-state index contributed by atoms with van der Waals surface area (Å²) in [7, 11) is 1.70. The van der Waals surface area contributed by atoms with Crippen LogP contribution in [0, 0.1) is 19.1 Å². The predicted molar refractivity (Wildman–Crippen MR) is 84.6 cm³/mol. The summed E-state index contributed by atoms with van der Waals surface area (Å²) >= 11 is 1.98. The van der Waals surface area contributed by atoms with Crippen molar-refractivity contribution in [3.63, 3.8) is 0 Å².